The van der Waals surface area contributed by atoms with Crippen LogP contribution in [0.5, 0.6) is 0 Å². The van der Waals surface area contributed by atoms with Crippen LogP contribution < -0.4 is 5.32 Å². The Bertz CT molecular complexity index is 1240. The maximum absolute atomic E-state index is 12.6. The molecule has 0 unspecified atom stereocenters. The smallest absolute Gasteiger partial charge is 0.275 e. The summed E-state index contributed by atoms with van der Waals surface area (Å²) in [5.74, 6) is 1.25. The number of thioether (sulfide) groups is 1. The molecule has 2 aromatic carbocycles. The summed E-state index contributed by atoms with van der Waals surface area (Å²) in [4.78, 5) is 17.1. The number of nitrogens with zero attached hydrogens (tertiary/aromatic N) is 4. The Labute approximate surface area is 189 Å². The van der Waals surface area contributed by atoms with Gasteiger partial charge < -0.3 is 5.32 Å². The van der Waals surface area contributed by atoms with Gasteiger partial charge in [-0.15, -0.1) is 21.5 Å². The number of rotatable bonds is 6. The number of anilines is 1. The number of nitrogens with one attached hydrogen (secondary N) is 1. The van der Waals surface area contributed by atoms with Gasteiger partial charge in [0, 0.05) is 11.1 Å². The van der Waals surface area contributed by atoms with Crippen LogP contribution in [0, 0.1) is 27.7 Å². The van der Waals surface area contributed by atoms with E-state index in [1.54, 1.807) is 17.1 Å². The van der Waals surface area contributed by atoms with Crippen molar-refractivity contribution in [1.29, 1.82) is 0 Å². The van der Waals surface area contributed by atoms with Crippen LogP contribution in [0.25, 0.3) is 5.69 Å². The number of hydrogen-bond acceptors (Lipinski definition) is 6. The fourth-order valence-corrected chi connectivity index (χ4v) is 4.93. The van der Waals surface area contributed by atoms with Crippen LogP contribution in [0.1, 0.15) is 38.0 Å². The van der Waals surface area contributed by atoms with Gasteiger partial charge in [-0.1, -0.05) is 36.0 Å². The summed E-state index contributed by atoms with van der Waals surface area (Å²) < 4.78 is 2.06. The van der Waals surface area contributed by atoms with Crippen LogP contribution in [-0.2, 0) is 5.75 Å². The van der Waals surface area contributed by atoms with E-state index in [1.165, 1.54) is 16.9 Å². The molecule has 0 saturated carbocycles. The summed E-state index contributed by atoms with van der Waals surface area (Å²) in [5.41, 5.74) is 5.77. The van der Waals surface area contributed by atoms with Gasteiger partial charge in [0.05, 0.1) is 11.4 Å². The van der Waals surface area contributed by atoms with Gasteiger partial charge in [0.15, 0.2) is 5.16 Å². The molecule has 0 fully saturated rings. The molecule has 0 bridgehead atoms. The number of benzene rings is 2. The zero-order chi connectivity index (χ0) is 22.0. The van der Waals surface area contributed by atoms with Crippen LogP contribution in [0.4, 0.5) is 5.69 Å². The van der Waals surface area contributed by atoms with Gasteiger partial charge in [-0.05, 0) is 62.6 Å². The lowest BCUT2D eigenvalue weighted by Gasteiger charge is -2.10. The Balaban J connectivity index is 1.45. The number of carbonyl (C=O) groups is 1. The fraction of sp³-hybridized carbons (Fsp3) is 0.217. The van der Waals surface area contributed by atoms with Gasteiger partial charge in [-0.3, -0.25) is 9.36 Å². The number of para-hydroxylation sites is 1. The lowest BCUT2D eigenvalue weighted by Crippen LogP contribution is -2.12. The number of thiazole rings is 1. The summed E-state index contributed by atoms with van der Waals surface area (Å²) in [6.45, 7) is 8.10. The van der Waals surface area contributed by atoms with Gasteiger partial charge in [0.1, 0.15) is 16.5 Å². The third kappa shape index (κ3) is 4.70. The van der Waals surface area contributed by atoms with Crippen LogP contribution >= 0.6 is 23.1 Å². The molecule has 4 aromatic rings. The largest absolute Gasteiger partial charge is 0.321 e. The van der Waals surface area contributed by atoms with Gasteiger partial charge in [0.2, 0.25) is 0 Å². The second kappa shape index (κ2) is 9.03. The number of aromatic nitrogens is 4. The highest BCUT2D eigenvalue weighted by molar-refractivity contribution is 7.98. The molecule has 31 heavy (non-hydrogen) atoms. The van der Waals surface area contributed by atoms with Gasteiger partial charge in [-0.25, -0.2) is 4.98 Å². The van der Waals surface area contributed by atoms with Crippen molar-refractivity contribution in [1.82, 2.24) is 19.7 Å². The SMILES string of the molecule is Cc1ccc(NC(=O)c2csc(CSc3nnc(C)n3-c3ccccc3C)n2)cc1C. The molecule has 4 rings (SSSR count). The molecule has 8 heteroatoms. The molecule has 0 aliphatic carbocycles. The third-order valence-electron chi connectivity index (χ3n) is 5.03. The van der Waals surface area contributed by atoms with Crippen molar-refractivity contribution in [3.8, 4) is 5.69 Å². The van der Waals surface area contributed by atoms with E-state index in [4.69, 9.17) is 0 Å². The van der Waals surface area contributed by atoms with Gasteiger partial charge in [-0.2, -0.15) is 0 Å². The monoisotopic (exact) mass is 449 g/mol. The lowest BCUT2D eigenvalue weighted by molar-refractivity contribution is 0.102. The highest BCUT2D eigenvalue weighted by Crippen LogP contribution is 2.27. The first-order chi connectivity index (χ1) is 14.9. The molecule has 1 N–H and O–H groups in total. The predicted molar refractivity (Wildman–Crippen MR) is 126 cm³/mol. The summed E-state index contributed by atoms with van der Waals surface area (Å²) in [7, 11) is 0. The third-order valence-corrected chi connectivity index (χ3v) is 7.00. The normalized spacial score (nSPS) is 11.0. The zero-order valence-electron chi connectivity index (χ0n) is 17.8. The summed E-state index contributed by atoms with van der Waals surface area (Å²) >= 11 is 3.04. The van der Waals surface area contributed by atoms with Crippen molar-refractivity contribution >= 4 is 34.7 Å². The van der Waals surface area contributed by atoms with E-state index in [-0.39, 0.29) is 5.91 Å². The molecule has 0 aliphatic heterocycles. The molecule has 2 heterocycles. The van der Waals surface area contributed by atoms with Crippen molar-refractivity contribution in [2.75, 3.05) is 5.32 Å². The van der Waals surface area contributed by atoms with E-state index < -0.39 is 0 Å². The minimum Gasteiger partial charge on any atom is -0.321 e. The first-order valence-electron chi connectivity index (χ1n) is 9.86. The highest BCUT2D eigenvalue weighted by Gasteiger charge is 2.16. The number of hydrogen-bond donors (Lipinski definition) is 1. The van der Waals surface area contributed by atoms with Crippen molar-refractivity contribution in [2.24, 2.45) is 0 Å². The Hall–Kier alpha value is -2.97. The van der Waals surface area contributed by atoms with Crippen molar-refractivity contribution in [3.05, 3.63) is 81.1 Å². The molecular formula is C23H23N5OS2. The van der Waals surface area contributed by atoms with Gasteiger partial charge >= 0.3 is 0 Å². The van der Waals surface area contributed by atoms with Crippen LogP contribution in [0.2, 0.25) is 0 Å². The number of carbonyl (C=O) groups excluding carboxylic acids is 1. The molecule has 6 nitrogen and oxygen atoms in total. The number of amides is 1. The van der Waals surface area contributed by atoms with Crippen molar-refractivity contribution < 1.29 is 4.79 Å². The minimum absolute atomic E-state index is 0.199. The van der Waals surface area contributed by atoms with Crippen molar-refractivity contribution in [2.45, 2.75) is 38.6 Å². The Kier molecular flexibility index (Phi) is 6.20. The fourth-order valence-electron chi connectivity index (χ4n) is 3.15. The second-order valence-electron chi connectivity index (χ2n) is 7.32. The van der Waals surface area contributed by atoms with Crippen LogP contribution in [0.3, 0.4) is 0 Å². The van der Waals surface area contributed by atoms with Crippen LogP contribution in [0.15, 0.2) is 53.0 Å². The molecule has 0 saturated heterocycles. The van der Waals surface area contributed by atoms with E-state index in [9.17, 15) is 4.79 Å². The van der Waals surface area contributed by atoms with E-state index in [0.29, 0.717) is 11.4 Å². The molecule has 0 radical (unpaired) electrons. The Morgan fingerprint density at radius 2 is 1.84 bits per heavy atom. The average molecular weight is 450 g/mol. The topological polar surface area (TPSA) is 72.7 Å². The Morgan fingerprint density at radius 1 is 1.03 bits per heavy atom. The zero-order valence-corrected chi connectivity index (χ0v) is 19.5. The first-order valence-corrected chi connectivity index (χ1v) is 11.7. The predicted octanol–water partition coefficient (Wildman–Crippen LogP) is 5.50. The summed E-state index contributed by atoms with van der Waals surface area (Å²) in [5, 5.41) is 15.0. The minimum atomic E-state index is -0.199. The molecule has 158 valence electrons. The highest BCUT2D eigenvalue weighted by atomic mass is 32.2. The van der Waals surface area contributed by atoms with Crippen molar-refractivity contribution in [3.63, 3.8) is 0 Å². The molecule has 0 spiro atoms. The maximum atomic E-state index is 12.6. The number of aryl methyl sites for hydroxylation is 4. The lowest BCUT2D eigenvalue weighted by atomic mass is 10.1. The van der Waals surface area contributed by atoms with E-state index in [1.807, 2.05) is 51.1 Å². The molecule has 0 aliphatic rings. The molecular weight excluding hydrogens is 426 g/mol. The molecule has 1 amide bonds. The van der Waals surface area contributed by atoms with E-state index >= 15 is 0 Å². The average Bonchev–Trinajstić information content (AvgIpc) is 3.36. The van der Waals surface area contributed by atoms with E-state index in [0.717, 1.165) is 38.5 Å². The van der Waals surface area contributed by atoms with Crippen LogP contribution in [-0.4, -0.2) is 25.7 Å². The quantitative estimate of drug-likeness (QED) is 0.393. The summed E-state index contributed by atoms with van der Waals surface area (Å²) in [6, 6.07) is 14.0. The maximum Gasteiger partial charge on any atom is 0.275 e. The standard InChI is InChI=1S/C23H23N5OS2/c1-14-9-10-18(11-16(14)3)24-22(29)19-12-30-21(25-19)13-31-23-27-26-17(4)28(23)20-8-6-5-7-15(20)2/h5-12H,13H2,1-4H3,(H,24,29). The molecule has 2 aromatic heterocycles. The van der Waals surface area contributed by atoms with E-state index in [2.05, 4.69) is 44.1 Å². The second-order valence-corrected chi connectivity index (χ2v) is 9.21. The first kappa shape index (κ1) is 21.3. The van der Waals surface area contributed by atoms with Gasteiger partial charge in [0.25, 0.3) is 5.91 Å². The Morgan fingerprint density at radius 3 is 2.61 bits per heavy atom. The molecule has 0 atom stereocenters. The summed E-state index contributed by atoms with van der Waals surface area (Å²) in [6.07, 6.45) is 0.